The summed E-state index contributed by atoms with van der Waals surface area (Å²) in [4.78, 5) is 36.5. The molecule has 1 heterocycles. The summed E-state index contributed by atoms with van der Waals surface area (Å²) in [6, 6.07) is 15.1. The summed E-state index contributed by atoms with van der Waals surface area (Å²) in [5.74, 6) is -1.24. The lowest BCUT2D eigenvalue weighted by Gasteiger charge is -2.11. The van der Waals surface area contributed by atoms with Gasteiger partial charge in [-0.25, -0.2) is 4.79 Å². The lowest BCUT2D eigenvalue weighted by molar-refractivity contribution is -0.137. The average Bonchev–Trinajstić information content (AvgIpc) is 3.34. The molecule has 2 N–H and O–H groups in total. The van der Waals surface area contributed by atoms with Gasteiger partial charge in [-0.2, -0.15) is 5.26 Å². The second kappa shape index (κ2) is 10.9. The normalized spacial score (nSPS) is 15.5. The fourth-order valence-corrected chi connectivity index (χ4v) is 3.12. The van der Waals surface area contributed by atoms with Gasteiger partial charge in [0.2, 0.25) is 0 Å². The summed E-state index contributed by atoms with van der Waals surface area (Å²) in [6.45, 7) is 2.43. The van der Waals surface area contributed by atoms with Crippen molar-refractivity contribution in [2.75, 3.05) is 23.8 Å². The predicted octanol–water partition coefficient (Wildman–Crippen LogP) is 3.53. The SMILES string of the molecule is CCOC(=O)/C(C#N)=C/c1ccc(NC(=O)c2cccc(NC(=O)C3CCCO3)c2)cc1. The number of hydrogen-bond donors (Lipinski definition) is 2. The van der Waals surface area contributed by atoms with E-state index in [1.165, 1.54) is 6.08 Å². The number of hydrogen-bond acceptors (Lipinski definition) is 6. The topological polar surface area (TPSA) is 118 Å². The number of carbonyl (C=O) groups is 3. The van der Waals surface area contributed by atoms with E-state index in [-0.39, 0.29) is 24.0 Å². The zero-order chi connectivity index (χ0) is 22.9. The molecule has 1 atom stereocenters. The molecule has 8 nitrogen and oxygen atoms in total. The second-order valence-corrected chi connectivity index (χ2v) is 7.04. The Kier molecular flexibility index (Phi) is 7.73. The molecular weight excluding hydrogens is 410 g/mol. The third kappa shape index (κ3) is 6.03. The van der Waals surface area contributed by atoms with E-state index in [0.29, 0.717) is 35.5 Å². The van der Waals surface area contributed by atoms with Gasteiger partial charge < -0.3 is 20.1 Å². The van der Waals surface area contributed by atoms with E-state index in [1.807, 2.05) is 6.07 Å². The fourth-order valence-electron chi connectivity index (χ4n) is 3.12. The van der Waals surface area contributed by atoms with E-state index < -0.39 is 12.1 Å². The molecule has 1 aliphatic rings. The number of nitriles is 1. The van der Waals surface area contributed by atoms with Gasteiger partial charge >= 0.3 is 5.97 Å². The average molecular weight is 433 g/mol. The molecule has 3 rings (SSSR count). The molecule has 0 spiro atoms. The molecule has 8 heteroatoms. The van der Waals surface area contributed by atoms with Crippen LogP contribution in [0.3, 0.4) is 0 Å². The highest BCUT2D eigenvalue weighted by Gasteiger charge is 2.23. The Morgan fingerprint density at radius 2 is 1.94 bits per heavy atom. The molecule has 164 valence electrons. The van der Waals surface area contributed by atoms with Crippen molar-refractivity contribution in [3.8, 4) is 6.07 Å². The van der Waals surface area contributed by atoms with Crippen LogP contribution in [-0.4, -0.2) is 37.1 Å². The van der Waals surface area contributed by atoms with E-state index in [1.54, 1.807) is 55.5 Å². The Labute approximate surface area is 185 Å². The highest BCUT2D eigenvalue weighted by Crippen LogP contribution is 2.18. The number of carbonyl (C=O) groups excluding carboxylic acids is 3. The smallest absolute Gasteiger partial charge is 0.348 e. The van der Waals surface area contributed by atoms with Crippen molar-refractivity contribution in [3.63, 3.8) is 0 Å². The zero-order valence-corrected chi connectivity index (χ0v) is 17.6. The number of esters is 1. The molecule has 0 saturated carbocycles. The van der Waals surface area contributed by atoms with Crippen molar-refractivity contribution in [2.45, 2.75) is 25.9 Å². The van der Waals surface area contributed by atoms with Crippen molar-refractivity contribution < 1.29 is 23.9 Å². The van der Waals surface area contributed by atoms with Crippen molar-refractivity contribution in [1.29, 1.82) is 5.26 Å². The standard InChI is InChI=1S/C24H23N3O5/c1-2-31-24(30)18(15-25)13-16-8-10-19(11-9-16)26-22(28)17-5-3-6-20(14-17)27-23(29)21-7-4-12-32-21/h3,5-6,8-11,13-14,21H,2,4,7,12H2,1H3,(H,26,28)(H,27,29)/b18-13+. The first-order valence-corrected chi connectivity index (χ1v) is 10.2. The number of nitrogens with zero attached hydrogens (tertiary/aromatic N) is 1. The summed E-state index contributed by atoms with van der Waals surface area (Å²) in [6.07, 6.45) is 2.51. The predicted molar refractivity (Wildman–Crippen MR) is 119 cm³/mol. The number of rotatable bonds is 7. The molecule has 1 saturated heterocycles. The molecular formula is C24H23N3O5. The first-order valence-electron chi connectivity index (χ1n) is 10.2. The number of anilines is 2. The quantitative estimate of drug-likeness (QED) is 0.392. The van der Waals surface area contributed by atoms with Crippen LogP contribution in [0.5, 0.6) is 0 Å². The number of nitrogens with one attached hydrogen (secondary N) is 2. The van der Waals surface area contributed by atoms with Crippen LogP contribution in [-0.2, 0) is 19.1 Å². The van der Waals surface area contributed by atoms with Crippen molar-refractivity contribution in [1.82, 2.24) is 0 Å². The van der Waals surface area contributed by atoms with E-state index in [4.69, 9.17) is 14.7 Å². The van der Waals surface area contributed by atoms with Crippen LogP contribution >= 0.6 is 0 Å². The summed E-state index contributed by atoms with van der Waals surface area (Å²) in [7, 11) is 0. The minimum atomic E-state index is -0.682. The highest BCUT2D eigenvalue weighted by molar-refractivity contribution is 6.05. The maximum atomic E-state index is 12.6. The molecule has 1 aliphatic heterocycles. The third-order valence-corrected chi connectivity index (χ3v) is 4.71. The molecule has 1 fully saturated rings. The summed E-state index contributed by atoms with van der Waals surface area (Å²) in [5, 5.41) is 14.7. The molecule has 0 bridgehead atoms. The summed E-state index contributed by atoms with van der Waals surface area (Å²) in [5.41, 5.74) is 1.95. The molecule has 1 unspecified atom stereocenters. The van der Waals surface area contributed by atoms with Gasteiger partial charge in [0.25, 0.3) is 11.8 Å². The molecule has 0 aromatic heterocycles. The van der Waals surface area contributed by atoms with Crippen molar-refractivity contribution in [3.05, 3.63) is 65.2 Å². The maximum absolute atomic E-state index is 12.6. The van der Waals surface area contributed by atoms with E-state index in [0.717, 1.165) is 6.42 Å². The zero-order valence-electron chi connectivity index (χ0n) is 17.6. The molecule has 32 heavy (non-hydrogen) atoms. The van der Waals surface area contributed by atoms with Crippen LogP contribution in [0.15, 0.2) is 54.1 Å². The van der Waals surface area contributed by atoms with Crippen LogP contribution in [0.25, 0.3) is 6.08 Å². The Hall–Kier alpha value is -3.96. The van der Waals surface area contributed by atoms with Gasteiger partial charge in [0.05, 0.1) is 6.61 Å². The Morgan fingerprint density at radius 3 is 2.59 bits per heavy atom. The summed E-state index contributed by atoms with van der Waals surface area (Å²) >= 11 is 0. The molecule has 0 aliphatic carbocycles. The van der Waals surface area contributed by atoms with E-state index in [2.05, 4.69) is 10.6 Å². The first-order chi connectivity index (χ1) is 15.5. The van der Waals surface area contributed by atoms with Gasteiger partial charge in [0.15, 0.2) is 0 Å². The Bertz CT molecular complexity index is 1060. The van der Waals surface area contributed by atoms with Crippen molar-refractivity contribution in [2.24, 2.45) is 0 Å². The number of amides is 2. The van der Waals surface area contributed by atoms with Crippen molar-refractivity contribution >= 4 is 35.2 Å². The highest BCUT2D eigenvalue weighted by atomic mass is 16.5. The first kappa shape index (κ1) is 22.7. The van der Waals surface area contributed by atoms with Gasteiger partial charge in [-0.1, -0.05) is 18.2 Å². The Balaban J connectivity index is 1.64. The van der Waals surface area contributed by atoms with Crippen LogP contribution < -0.4 is 10.6 Å². The van der Waals surface area contributed by atoms with Gasteiger partial charge in [-0.05, 0) is 61.7 Å². The Morgan fingerprint density at radius 1 is 1.16 bits per heavy atom. The number of ether oxygens (including phenoxy) is 2. The number of benzene rings is 2. The minimum Gasteiger partial charge on any atom is -0.462 e. The van der Waals surface area contributed by atoms with Crippen LogP contribution in [0, 0.1) is 11.3 Å². The van der Waals surface area contributed by atoms with Gasteiger partial charge in [0, 0.05) is 23.5 Å². The lowest BCUT2D eigenvalue weighted by Crippen LogP contribution is -2.27. The molecule has 2 aromatic rings. The van der Waals surface area contributed by atoms with Crippen LogP contribution in [0.1, 0.15) is 35.7 Å². The second-order valence-electron chi connectivity index (χ2n) is 7.04. The van der Waals surface area contributed by atoms with Gasteiger partial charge in [-0.15, -0.1) is 0 Å². The van der Waals surface area contributed by atoms with Crippen LogP contribution in [0.4, 0.5) is 11.4 Å². The molecule has 0 radical (unpaired) electrons. The third-order valence-electron chi connectivity index (χ3n) is 4.71. The monoisotopic (exact) mass is 433 g/mol. The molecule has 2 aromatic carbocycles. The van der Waals surface area contributed by atoms with E-state index >= 15 is 0 Å². The van der Waals surface area contributed by atoms with E-state index in [9.17, 15) is 14.4 Å². The van der Waals surface area contributed by atoms with Gasteiger partial charge in [-0.3, -0.25) is 9.59 Å². The maximum Gasteiger partial charge on any atom is 0.348 e. The largest absolute Gasteiger partial charge is 0.462 e. The van der Waals surface area contributed by atoms with Crippen LogP contribution in [0.2, 0.25) is 0 Å². The lowest BCUT2D eigenvalue weighted by atomic mass is 10.1. The minimum absolute atomic E-state index is 0.106. The fraction of sp³-hybridized carbons (Fsp3) is 0.250. The molecule has 2 amide bonds. The van der Waals surface area contributed by atoms with Gasteiger partial charge in [0.1, 0.15) is 17.7 Å². The summed E-state index contributed by atoms with van der Waals surface area (Å²) < 4.78 is 10.2.